The first-order valence-electron chi connectivity index (χ1n) is 10.1. The molecule has 0 aliphatic carbocycles. The smallest absolute Gasteiger partial charge is 0.242 e. The Morgan fingerprint density at radius 2 is 1.94 bits per heavy atom. The molecule has 1 aromatic carbocycles. The molecule has 0 bridgehead atoms. The number of carbonyl (C=O) groups excluding carboxylic acids is 1. The average Bonchev–Trinajstić information content (AvgIpc) is 3.27. The molecule has 0 radical (unpaired) electrons. The third-order valence-corrected chi connectivity index (χ3v) is 5.62. The molecule has 3 aromatic heterocycles. The van der Waals surface area contributed by atoms with E-state index in [0.29, 0.717) is 5.65 Å². The summed E-state index contributed by atoms with van der Waals surface area (Å²) in [4.78, 5) is 17.3. The summed E-state index contributed by atoms with van der Waals surface area (Å²) >= 11 is 0. The van der Waals surface area contributed by atoms with E-state index >= 15 is 0 Å². The normalized spacial score (nSPS) is 12.2. The van der Waals surface area contributed by atoms with Gasteiger partial charge in [0.05, 0.1) is 25.0 Å². The highest BCUT2D eigenvalue weighted by molar-refractivity contribution is 5.95. The van der Waals surface area contributed by atoms with Crippen LogP contribution in [0.1, 0.15) is 29.9 Å². The second kappa shape index (κ2) is 8.22. The fourth-order valence-corrected chi connectivity index (χ4v) is 3.84. The number of aryl methyl sites for hydroxylation is 2. The zero-order chi connectivity index (χ0) is 22.1. The van der Waals surface area contributed by atoms with Gasteiger partial charge in [-0.3, -0.25) is 9.48 Å². The highest BCUT2D eigenvalue weighted by Gasteiger charge is 2.18. The van der Waals surface area contributed by atoms with Gasteiger partial charge >= 0.3 is 0 Å². The van der Waals surface area contributed by atoms with Crippen molar-refractivity contribution in [2.45, 2.75) is 33.4 Å². The number of pyridine rings is 1. The van der Waals surface area contributed by atoms with E-state index in [4.69, 9.17) is 4.74 Å². The largest absolute Gasteiger partial charge is 0.497 e. The zero-order valence-electron chi connectivity index (χ0n) is 18.4. The van der Waals surface area contributed by atoms with Crippen LogP contribution >= 0.6 is 0 Å². The van der Waals surface area contributed by atoms with E-state index in [1.165, 1.54) is 0 Å². The summed E-state index contributed by atoms with van der Waals surface area (Å²) in [5, 5.41) is 12.8. The molecular weight excluding hydrogens is 392 g/mol. The molecule has 0 spiro atoms. The Kier molecular flexibility index (Phi) is 5.46. The molecule has 160 valence electrons. The summed E-state index contributed by atoms with van der Waals surface area (Å²) in [5.74, 6) is 0.674. The number of carbonyl (C=O) groups is 1. The van der Waals surface area contributed by atoms with Crippen molar-refractivity contribution in [2.24, 2.45) is 7.05 Å². The Hall–Kier alpha value is -3.68. The summed E-state index contributed by atoms with van der Waals surface area (Å²) < 4.78 is 8.72. The topological polar surface area (TPSA) is 86.9 Å². The first kappa shape index (κ1) is 20.6. The highest BCUT2D eigenvalue weighted by atomic mass is 16.5. The van der Waals surface area contributed by atoms with Crippen LogP contribution < -0.4 is 10.1 Å². The molecule has 0 aliphatic rings. The van der Waals surface area contributed by atoms with E-state index in [9.17, 15) is 4.79 Å². The van der Waals surface area contributed by atoms with Gasteiger partial charge in [-0.1, -0.05) is 12.1 Å². The van der Waals surface area contributed by atoms with Crippen LogP contribution in [0.4, 0.5) is 0 Å². The lowest BCUT2D eigenvalue weighted by molar-refractivity contribution is -0.122. The highest BCUT2D eigenvalue weighted by Crippen LogP contribution is 2.30. The second-order valence-corrected chi connectivity index (χ2v) is 7.63. The molecule has 0 saturated carbocycles. The number of aromatic nitrogens is 5. The second-order valence-electron chi connectivity index (χ2n) is 7.63. The molecule has 1 amide bonds. The van der Waals surface area contributed by atoms with Crippen LogP contribution in [-0.4, -0.2) is 37.6 Å². The van der Waals surface area contributed by atoms with E-state index in [0.717, 1.165) is 39.2 Å². The van der Waals surface area contributed by atoms with Crippen molar-refractivity contribution in [3.8, 4) is 16.9 Å². The monoisotopic (exact) mass is 418 g/mol. The molecule has 4 rings (SSSR count). The molecule has 1 unspecified atom stereocenters. The van der Waals surface area contributed by atoms with Crippen LogP contribution in [0.2, 0.25) is 0 Å². The Morgan fingerprint density at radius 3 is 2.58 bits per heavy atom. The van der Waals surface area contributed by atoms with E-state index in [-0.39, 0.29) is 18.5 Å². The van der Waals surface area contributed by atoms with Gasteiger partial charge in [0, 0.05) is 29.9 Å². The Balaban J connectivity index is 1.60. The van der Waals surface area contributed by atoms with Gasteiger partial charge in [0.1, 0.15) is 12.3 Å². The van der Waals surface area contributed by atoms with Crippen molar-refractivity contribution in [1.29, 1.82) is 0 Å². The number of ether oxygens (including phenoxy) is 1. The number of nitrogens with one attached hydrogen (secondary N) is 1. The SMILES string of the molecule is COc1ccc(-c2ccnc3c2c(C)nn3CC(=O)NC(C)c2cnn(C)c2C)cc1. The van der Waals surface area contributed by atoms with Gasteiger partial charge in [0.2, 0.25) is 5.91 Å². The van der Waals surface area contributed by atoms with Crippen LogP contribution in [-0.2, 0) is 18.4 Å². The number of benzene rings is 1. The van der Waals surface area contributed by atoms with E-state index < -0.39 is 0 Å². The van der Waals surface area contributed by atoms with Crippen LogP contribution in [0.3, 0.4) is 0 Å². The Labute approximate surface area is 180 Å². The van der Waals surface area contributed by atoms with Crippen molar-refractivity contribution < 1.29 is 9.53 Å². The minimum atomic E-state index is -0.146. The molecule has 8 heteroatoms. The summed E-state index contributed by atoms with van der Waals surface area (Å²) in [7, 11) is 3.54. The lowest BCUT2D eigenvalue weighted by atomic mass is 10.0. The van der Waals surface area contributed by atoms with Crippen molar-refractivity contribution in [1.82, 2.24) is 29.9 Å². The van der Waals surface area contributed by atoms with Gasteiger partial charge in [0.15, 0.2) is 5.65 Å². The molecule has 0 aliphatic heterocycles. The molecule has 0 fully saturated rings. The maximum atomic E-state index is 12.8. The van der Waals surface area contributed by atoms with Gasteiger partial charge < -0.3 is 10.1 Å². The first-order valence-corrected chi connectivity index (χ1v) is 10.1. The lowest BCUT2D eigenvalue weighted by Gasteiger charge is -2.14. The van der Waals surface area contributed by atoms with Crippen LogP contribution in [0.5, 0.6) is 5.75 Å². The van der Waals surface area contributed by atoms with Gasteiger partial charge in [-0.15, -0.1) is 0 Å². The molecule has 31 heavy (non-hydrogen) atoms. The summed E-state index contributed by atoms with van der Waals surface area (Å²) in [6, 6.07) is 9.69. The van der Waals surface area contributed by atoms with Crippen molar-refractivity contribution in [3.63, 3.8) is 0 Å². The molecule has 1 N–H and O–H groups in total. The molecule has 8 nitrogen and oxygen atoms in total. The van der Waals surface area contributed by atoms with E-state index in [1.807, 2.05) is 58.2 Å². The van der Waals surface area contributed by atoms with Crippen LogP contribution in [0.25, 0.3) is 22.2 Å². The van der Waals surface area contributed by atoms with E-state index in [2.05, 4.69) is 20.5 Å². The minimum Gasteiger partial charge on any atom is -0.497 e. The number of hydrogen-bond acceptors (Lipinski definition) is 5. The lowest BCUT2D eigenvalue weighted by Crippen LogP contribution is -2.30. The van der Waals surface area contributed by atoms with Gasteiger partial charge in [0.25, 0.3) is 0 Å². The predicted molar refractivity (Wildman–Crippen MR) is 119 cm³/mol. The van der Waals surface area contributed by atoms with Crippen molar-refractivity contribution in [3.05, 3.63) is 59.7 Å². The number of amides is 1. The first-order chi connectivity index (χ1) is 14.9. The summed E-state index contributed by atoms with van der Waals surface area (Å²) in [5.41, 5.74) is 5.61. The van der Waals surface area contributed by atoms with Crippen molar-refractivity contribution >= 4 is 16.9 Å². The summed E-state index contributed by atoms with van der Waals surface area (Å²) in [6.07, 6.45) is 3.54. The third kappa shape index (κ3) is 3.88. The average molecular weight is 419 g/mol. The number of methoxy groups -OCH3 is 1. The number of hydrogen-bond donors (Lipinski definition) is 1. The van der Waals surface area contributed by atoms with Crippen molar-refractivity contribution in [2.75, 3.05) is 7.11 Å². The molecule has 4 aromatic rings. The Morgan fingerprint density at radius 1 is 1.19 bits per heavy atom. The zero-order valence-corrected chi connectivity index (χ0v) is 18.4. The van der Waals surface area contributed by atoms with E-state index in [1.54, 1.807) is 28.9 Å². The summed E-state index contributed by atoms with van der Waals surface area (Å²) in [6.45, 7) is 5.97. The van der Waals surface area contributed by atoms with Gasteiger partial charge in [-0.05, 0) is 50.1 Å². The molecular formula is C23H26N6O2. The quantitative estimate of drug-likeness (QED) is 0.519. The predicted octanol–water partition coefficient (Wildman–Crippen LogP) is 3.33. The minimum absolute atomic E-state index is 0.0903. The van der Waals surface area contributed by atoms with Gasteiger partial charge in [-0.2, -0.15) is 10.2 Å². The molecule has 1 atom stereocenters. The van der Waals surface area contributed by atoms with Gasteiger partial charge in [-0.25, -0.2) is 9.67 Å². The fraction of sp³-hybridized carbons (Fsp3) is 0.304. The maximum absolute atomic E-state index is 12.8. The van der Waals surface area contributed by atoms with Crippen LogP contribution in [0.15, 0.2) is 42.7 Å². The van der Waals surface area contributed by atoms with Crippen LogP contribution in [0, 0.1) is 13.8 Å². The number of fused-ring (bicyclic) bond motifs is 1. The molecule has 3 heterocycles. The molecule has 0 saturated heterocycles. The number of rotatable bonds is 6. The maximum Gasteiger partial charge on any atom is 0.242 e. The number of nitrogens with zero attached hydrogens (tertiary/aromatic N) is 5. The standard InChI is InChI=1S/C23H26N6O2/c1-14(20-12-25-28(4)16(20)3)26-21(30)13-29-23-22(15(2)27-29)19(10-11-24-23)17-6-8-18(31-5)9-7-17/h6-12,14H,13H2,1-5H3,(H,26,30). The Bertz CT molecular complexity index is 1240. The third-order valence-electron chi connectivity index (χ3n) is 5.62. The fourth-order valence-electron chi connectivity index (χ4n) is 3.84.